The first-order valence-corrected chi connectivity index (χ1v) is 4.97. The molecule has 0 bridgehead atoms. The van der Waals surface area contributed by atoms with E-state index in [0.29, 0.717) is 11.5 Å². The molecule has 0 amide bonds. The molecule has 0 saturated heterocycles. The van der Waals surface area contributed by atoms with Crippen molar-refractivity contribution in [3.63, 3.8) is 0 Å². The smallest absolute Gasteiger partial charge is 0.258 e. The van der Waals surface area contributed by atoms with Crippen molar-refractivity contribution in [2.45, 2.75) is 6.92 Å². The van der Waals surface area contributed by atoms with Crippen LogP contribution < -0.4 is 0 Å². The van der Waals surface area contributed by atoms with Crippen LogP contribution in [0.25, 0.3) is 0 Å². The molecule has 0 unspecified atom stereocenters. The monoisotopic (exact) mass is 308 g/mol. The SMILES string of the molecule is C[C](CF)c1cc([N+](=O)[O-])ccc1I. The number of hydrogen-bond acceptors (Lipinski definition) is 2. The second kappa shape index (κ2) is 4.68. The molecule has 0 aliphatic carbocycles. The van der Waals surface area contributed by atoms with Crippen molar-refractivity contribution in [3.8, 4) is 0 Å². The van der Waals surface area contributed by atoms with Gasteiger partial charge < -0.3 is 0 Å². The highest BCUT2D eigenvalue weighted by Gasteiger charge is 2.14. The van der Waals surface area contributed by atoms with E-state index in [0.717, 1.165) is 3.57 Å². The Hall–Kier alpha value is -0.720. The fourth-order valence-electron chi connectivity index (χ4n) is 1.03. The Bertz CT molecular complexity index is 357. The lowest BCUT2D eigenvalue weighted by atomic mass is 10.0. The zero-order valence-corrected chi connectivity index (χ0v) is 9.62. The summed E-state index contributed by atoms with van der Waals surface area (Å²) in [5.74, 6) is 0.512. The van der Waals surface area contributed by atoms with Gasteiger partial charge in [0.15, 0.2) is 0 Å². The van der Waals surface area contributed by atoms with Gasteiger partial charge in [-0.15, -0.1) is 0 Å². The molecule has 0 fully saturated rings. The minimum atomic E-state index is -0.586. The molecular weight excluding hydrogens is 300 g/mol. The lowest BCUT2D eigenvalue weighted by Gasteiger charge is -2.08. The van der Waals surface area contributed by atoms with Gasteiger partial charge in [-0.05, 0) is 34.2 Å². The van der Waals surface area contributed by atoms with E-state index in [1.165, 1.54) is 12.1 Å². The largest absolute Gasteiger partial charge is 0.269 e. The molecule has 3 nitrogen and oxygen atoms in total. The van der Waals surface area contributed by atoms with Gasteiger partial charge in [0.1, 0.15) is 0 Å². The van der Waals surface area contributed by atoms with Gasteiger partial charge >= 0.3 is 0 Å². The van der Waals surface area contributed by atoms with Crippen molar-refractivity contribution >= 4 is 28.3 Å². The fraction of sp³-hybridized carbons (Fsp3) is 0.222. The van der Waals surface area contributed by atoms with E-state index in [4.69, 9.17) is 0 Å². The number of nitro groups is 1. The van der Waals surface area contributed by atoms with Gasteiger partial charge in [0.25, 0.3) is 5.69 Å². The summed E-state index contributed by atoms with van der Waals surface area (Å²) in [6.07, 6.45) is 0. The van der Waals surface area contributed by atoms with Crippen molar-refractivity contribution < 1.29 is 9.31 Å². The van der Waals surface area contributed by atoms with Crippen LogP contribution in [0.2, 0.25) is 0 Å². The zero-order valence-electron chi connectivity index (χ0n) is 7.46. The zero-order chi connectivity index (χ0) is 10.7. The Balaban J connectivity index is 3.14. The van der Waals surface area contributed by atoms with Gasteiger partial charge in [0, 0.05) is 21.6 Å². The molecule has 0 atom stereocenters. The molecule has 0 saturated carbocycles. The van der Waals surface area contributed by atoms with E-state index >= 15 is 0 Å². The van der Waals surface area contributed by atoms with Crippen LogP contribution in [0.4, 0.5) is 10.1 Å². The molecule has 1 aromatic rings. The Kier molecular flexibility index (Phi) is 3.79. The first kappa shape index (κ1) is 11.4. The number of nitro benzene ring substituents is 1. The number of hydrogen-bond donors (Lipinski definition) is 0. The summed E-state index contributed by atoms with van der Waals surface area (Å²) in [6.45, 7) is 1.04. The van der Waals surface area contributed by atoms with Crippen molar-refractivity contribution in [2.24, 2.45) is 0 Å². The molecule has 0 aliphatic rings. The van der Waals surface area contributed by atoms with Crippen LogP contribution in [0.5, 0.6) is 0 Å². The molecule has 14 heavy (non-hydrogen) atoms. The van der Waals surface area contributed by atoms with Gasteiger partial charge in [0.2, 0.25) is 0 Å². The van der Waals surface area contributed by atoms with E-state index in [2.05, 4.69) is 0 Å². The third kappa shape index (κ3) is 2.40. The number of nitrogens with zero attached hydrogens (tertiary/aromatic N) is 1. The van der Waals surface area contributed by atoms with Crippen LogP contribution in [0.1, 0.15) is 12.5 Å². The van der Waals surface area contributed by atoms with Crippen LogP contribution in [0, 0.1) is 19.6 Å². The van der Waals surface area contributed by atoms with E-state index < -0.39 is 11.6 Å². The standard InChI is InChI=1S/C9H8FINO2/c1-6(5-10)8-4-7(12(13)14)2-3-9(8)11/h2-4H,5H2,1H3. The second-order valence-electron chi connectivity index (χ2n) is 2.84. The van der Waals surface area contributed by atoms with Crippen LogP contribution in [-0.4, -0.2) is 11.6 Å². The molecule has 0 N–H and O–H groups in total. The molecule has 0 aromatic heterocycles. The van der Waals surface area contributed by atoms with E-state index in [1.807, 2.05) is 22.6 Å². The number of non-ortho nitro benzene ring substituents is 1. The molecule has 1 rings (SSSR count). The predicted molar refractivity (Wildman–Crippen MR) is 59.8 cm³/mol. The van der Waals surface area contributed by atoms with Gasteiger partial charge in [-0.25, -0.2) is 0 Å². The van der Waals surface area contributed by atoms with Gasteiger partial charge in [-0.3, -0.25) is 14.5 Å². The average Bonchev–Trinajstić information content (AvgIpc) is 2.17. The Morgan fingerprint density at radius 2 is 2.29 bits per heavy atom. The van der Waals surface area contributed by atoms with E-state index in [-0.39, 0.29) is 5.69 Å². The minimum absolute atomic E-state index is 0.00628. The van der Waals surface area contributed by atoms with Gasteiger partial charge in [-0.2, -0.15) is 0 Å². The number of alkyl halides is 1. The topological polar surface area (TPSA) is 43.1 Å². The summed E-state index contributed by atoms with van der Waals surface area (Å²) in [4.78, 5) is 9.99. The van der Waals surface area contributed by atoms with Crippen LogP contribution in [0.3, 0.4) is 0 Å². The molecular formula is C9H8FINO2. The highest BCUT2D eigenvalue weighted by molar-refractivity contribution is 14.1. The maximum atomic E-state index is 12.4. The number of benzene rings is 1. The first-order valence-electron chi connectivity index (χ1n) is 3.89. The van der Waals surface area contributed by atoms with E-state index in [9.17, 15) is 14.5 Å². The Morgan fingerprint density at radius 3 is 2.79 bits per heavy atom. The molecule has 1 radical (unpaired) electrons. The lowest BCUT2D eigenvalue weighted by molar-refractivity contribution is -0.384. The third-order valence-electron chi connectivity index (χ3n) is 1.82. The summed E-state index contributed by atoms with van der Waals surface area (Å²) >= 11 is 2.03. The minimum Gasteiger partial charge on any atom is -0.258 e. The summed E-state index contributed by atoms with van der Waals surface area (Å²) in [5.41, 5.74) is 0.607. The molecule has 0 heterocycles. The predicted octanol–water partition coefficient (Wildman–Crippen LogP) is 3.11. The molecule has 0 spiro atoms. The second-order valence-corrected chi connectivity index (χ2v) is 4.00. The molecule has 0 aliphatic heterocycles. The normalized spacial score (nSPS) is 10.6. The molecule has 75 valence electrons. The number of halogens is 2. The summed E-state index contributed by atoms with van der Waals surface area (Å²) in [6, 6.07) is 4.43. The fourth-order valence-corrected chi connectivity index (χ4v) is 1.82. The van der Waals surface area contributed by atoms with Crippen LogP contribution >= 0.6 is 22.6 Å². The van der Waals surface area contributed by atoms with Gasteiger partial charge in [-0.1, -0.05) is 6.92 Å². The van der Waals surface area contributed by atoms with Crippen molar-refractivity contribution in [2.75, 3.05) is 6.67 Å². The maximum absolute atomic E-state index is 12.4. The van der Waals surface area contributed by atoms with Gasteiger partial charge in [0.05, 0.1) is 11.6 Å². The molecule has 1 aromatic carbocycles. The average molecular weight is 308 g/mol. The highest BCUT2D eigenvalue weighted by Crippen LogP contribution is 2.25. The Morgan fingerprint density at radius 1 is 1.64 bits per heavy atom. The van der Waals surface area contributed by atoms with Crippen molar-refractivity contribution in [1.82, 2.24) is 0 Å². The molecule has 5 heteroatoms. The van der Waals surface area contributed by atoms with E-state index in [1.54, 1.807) is 13.0 Å². The highest BCUT2D eigenvalue weighted by atomic mass is 127. The van der Waals surface area contributed by atoms with Crippen LogP contribution in [0.15, 0.2) is 18.2 Å². The summed E-state index contributed by atoms with van der Waals surface area (Å²) in [5, 5.41) is 10.5. The van der Waals surface area contributed by atoms with Crippen molar-refractivity contribution in [1.29, 1.82) is 0 Å². The quantitative estimate of drug-likeness (QED) is 0.489. The maximum Gasteiger partial charge on any atom is 0.269 e. The lowest BCUT2D eigenvalue weighted by Crippen LogP contribution is -2.01. The van der Waals surface area contributed by atoms with Crippen molar-refractivity contribution in [3.05, 3.63) is 43.4 Å². The summed E-state index contributed by atoms with van der Waals surface area (Å²) in [7, 11) is 0. The Labute approximate surface area is 94.6 Å². The summed E-state index contributed by atoms with van der Waals surface area (Å²) < 4.78 is 13.2. The van der Waals surface area contributed by atoms with Crippen LogP contribution in [-0.2, 0) is 0 Å². The first-order chi connectivity index (χ1) is 6.56. The third-order valence-corrected chi connectivity index (χ3v) is 2.76. The number of rotatable bonds is 3.